The molecule has 0 aliphatic heterocycles. The SMILES string of the molecule is CCCCCCCCOc1ccc(OC(=O)C2CCC(CCCCC)CC2)c(F)c1F. The minimum absolute atomic E-state index is 0.126. The molecule has 5 heteroatoms. The molecule has 0 aromatic heterocycles. The van der Waals surface area contributed by atoms with Crippen LogP contribution in [0.1, 0.15) is 104 Å². The summed E-state index contributed by atoms with van der Waals surface area (Å²) in [5, 5.41) is 0. The fraction of sp³-hybridized carbons (Fsp3) is 0.731. The number of halogens is 2. The Morgan fingerprint density at radius 3 is 2.13 bits per heavy atom. The molecule has 1 saturated carbocycles. The average Bonchev–Trinajstić information content (AvgIpc) is 2.78. The summed E-state index contributed by atoms with van der Waals surface area (Å²) in [7, 11) is 0. The minimum atomic E-state index is -1.15. The summed E-state index contributed by atoms with van der Waals surface area (Å²) >= 11 is 0. The zero-order valence-corrected chi connectivity index (χ0v) is 19.4. The second-order valence-electron chi connectivity index (χ2n) is 8.94. The number of ether oxygens (including phenoxy) is 2. The van der Waals surface area contributed by atoms with Crippen LogP contribution in [0.3, 0.4) is 0 Å². The highest BCUT2D eigenvalue weighted by molar-refractivity contribution is 5.75. The van der Waals surface area contributed by atoms with Gasteiger partial charge in [0.25, 0.3) is 0 Å². The molecule has 0 heterocycles. The molecule has 0 amide bonds. The van der Waals surface area contributed by atoms with Gasteiger partial charge in [-0.05, 0) is 50.2 Å². The van der Waals surface area contributed by atoms with Gasteiger partial charge in [-0.1, -0.05) is 71.6 Å². The van der Waals surface area contributed by atoms with Gasteiger partial charge in [0.1, 0.15) is 0 Å². The third kappa shape index (κ3) is 8.78. The van der Waals surface area contributed by atoms with Crippen molar-refractivity contribution < 1.29 is 23.0 Å². The van der Waals surface area contributed by atoms with Gasteiger partial charge in [0.15, 0.2) is 11.5 Å². The molecule has 0 saturated heterocycles. The lowest BCUT2D eigenvalue weighted by Gasteiger charge is -2.27. The smallest absolute Gasteiger partial charge is 0.314 e. The van der Waals surface area contributed by atoms with Crippen molar-refractivity contribution in [2.45, 2.75) is 104 Å². The summed E-state index contributed by atoms with van der Waals surface area (Å²) in [4.78, 5) is 12.5. The van der Waals surface area contributed by atoms with Crippen molar-refractivity contribution in [2.75, 3.05) is 6.61 Å². The van der Waals surface area contributed by atoms with Crippen LogP contribution in [0.15, 0.2) is 12.1 Å². The van der Waals surface area contributed by atoms with Gasteiger partial charge in [0.2, 0.25) is 11.6 Å². The number of hydrogen-bond acceptors (Lipinski definition) is 3. The molecule has 1 aromatic carbocycles. The number of benzene rings is 1. The Morgan fingerprint density at radius 1 is 0.839 bits per heavy atom. The highest BCUT2D eigenvalue weighted by Gasteiger charge is 2.28. The van der Waals surface area contributed by atoms with E-state index in [9.17, 15) is 13.6 Å². The fourth-order valence-corrected chi connectivity index (χ4v) is 4.33. The van der Waals surface area contributed by atoms with Crippen molar-refractivity contribution in [2.24, 2.45) is 11.8 Å². The summed E-state index contributed by atoms with van der Waals surface area (Å²) in [6.45, 7) is 4.72. The molecule has 3 nitrogen and oxygen atoms in total. The molecule has 2 rings (SSSR count). The monoisotopic (exact) mass is 438 g/mol. The molecule has 0 radical (unpaired) electrons. The van der Waals surface area contributed by atoms with E-state index in [1.165, 1.54) is 57.1 Å². The lowest BCUT2D eigenvalue weighted by Crippen LogP contribution is -2.26. The van der Waals surface area contributed by atoms with Gasteiger partial charge >= 0.3 is 5.97 Å². The number of rotatable bonds is 14. The molecule has 0 unspecified atom stereocenters. The lowest BCUT2D eigenvalue weighted by molar-refractivity contribution is -0.140. The summed E-state index contributed by atoms with van der Waals surface area (Å²) in [5.74, 6) is -2.72. The number of hydrogen-bond donors (Lipinski definition) is 0. The van der Waals surface area contributed by atoms with E-state index in [2.05, 4.69) is 13.8 Å². The largest absolute Gasteiger partial charge is 0.490 e. The maximum absolute atomic E-state index is 14.4. The molecule has 1 aliphatic carbocycles. The van der Waals surface area contributed by atoms with Gasteiger partial charge in [-0.15, -0.1) is 0 Å². The molecule has 1 aliphatic rings. The lowest BCUT2D eigenvalue weighted by atomic mass is 9.80. The van der Waals surface area contributed by atoms with Crippen LogP contribution in [0.5, 0.6) is 11.5 Å². The van der Waals surface area contributed by atoms with E-state index in [-0.39, 0.29) is 17.4 Å². The molecule has 0 spiro atoms. The van der Waals surface area contributed by atoms with Crippen molar-refractivity contribution in [3.63, 3.8) is 0 Å². The average molecular weight is 439 g/mol. The first-order valence-electron chi connectivity index (χ1n) is 12.4. The summed E-state index contributed by atoms with van der Waals surface area (Å²) in [6.07, 6.45) is 15.0. The number of carbonyl (C=O) groups is 1. The van der Waals surface area contributed by atoms with E-state index in [1.54, 1.807) is 0 Å². The van der Waals surface area contributed by atoms with Gasteiger partial charge in [-0.25, -0.2) is 0 Å². The number of unbranched alkanes of at least 4 members (excludes halogenated alkanes) is 7. The van der Waals surface area contributed by atoms with Crippen LogP contribution in [-0.2, 0) is 4.79 Å². The Labute approximate surface area is 186 Å². The first kappa shape index (κ1) is 25.6. The summed E-state index contributed by atoms with van der Waals surface area (Å²) < 4.78 is 39.4. The van der Waals surface area contributed by atoms with E-state index in [1.807, 2.05) is 0 Å². The zero-order chi connectivity index (χ0) is 22.5. The molecular formula is C26H40F2O3. The normalized spacial score (nSPS) is 18.7. The Morgan fingerprint density at radius 2 is 1.42 bits per heavy atom. The maximum atomic E-state index is 14.4. The Balaban J connectivity index is 1.76. The Kier molecular flexibility index (Phi) is 11.9. The standard InChI is InChI=1S/C26H40F2O3/c1-3-5-7-8-9-11-19-30-22-17-18-23(25(28)24(22)27)31-26(29)21-15-13-20(14-16-21)12-10-6-4-2/h17-18,20-21H,3-16,19H2,1-2H3. The summed E-state index contributed by atoms with van der Waals surface area (Å²) in [6, 6.07) is 2.64. The molecule has 0 atom stereocenters. The second kappa shape index (κ2) is 14.4. The minimum Gasteiger partial charge on any atom is -0.490 e. The van der Waals surface area contributed by atoms with Crippen LogP contribution in [0, 0.1) is 23.5 Å². The third-order valence-corrected chi connectivity index (χ3v) is 6.37. The first-order chi connectivity index (χ1) is 15.1. The predicted octanol–water partition coefficient (Wildman–Crippen LogP) is 8.00. The van der Waals surface area contributed by atoms with Crippen LogP contribution in [-0.4, -0.2) is 12.6 Å². The Hall–Kier alpha value is -1.65. The number of carbonyl (C=O) groups excluding carboxylic acids is 1. The van der Waals surface area contributed by atoms with Gasteiger partial charge < -0.3 is 9.47 Å². The van der Waals surface area contributed by atoms with Gasteiger partial charge in [-0.3, -0.25) is 4.79 Å². The van der Waals surface area contributed by atoms with Crippen molar-refractivity contribution in [1.29, 1.82) is 0 Å². The van der Waals surface area contributed by atoms with Crippen molar-refractivity contribution in [1.82, 2.24) is 0 Å². The van der Waals surface area contributed by atoms with Gasteiger partial charge in [0, 0.05) is 0 Å². The van der Waals surface area contributed by atoms with E-state index < -0.39 is 17.6 Å². The highest BCUT2D eigenvalue weighted by atomic mass is 19.2. The van der Waals surface area contributed by atoms with Crippen LogP contribution in [0.25, 0.3) is 0 Å². The highest BCUT2D eigenvalue weighted by Crippen LogP contribution is 2.34. The summed E-state index contributed by atoms with van der Waals surface area (Å²) in [5.41, 5.74) is 0. The topological polar surface area (TPSA) is 35.5 Å². The van der Waals surface area contributed by atoms with Gasteiger partial charge in [0.05, 0.1) is 12.5 Å². The maximum Gasteiger partial charge on any atom is 0.314 e. The molecule has 0 N–H and O–H groups in total. The zero-order valence-electron chi connectivity index (χ0n) is 19.4. The molecule has 31 heavy (non-hydrogen) atoms. The van der Waals surface area contributed by atoms with Crippen molar-refractivity contribution in [3.05, 3.63) is 23.8 Å². The van der Waals surface area contributed by atoms with Crippen LogP contribution in [0.2, 0.25) is 0 Å². The molecular weight excluding hydrogens is 398 g/mol. The van der Waals surface area contributed by atoms with E-state index in [0.717, 1.165) is 44.9 Å². The number of esters is 1. The van der Waals surface area contributed by atoms with Crippen LogP contribution >= 0.6 is 0 Å². The van der Waals surface area contributed by atoms with E-state index >= 15 is 0 Å². The first-order valence-corrected chi connectivity index (χ1v) is 12.4. The van der Waals surface area contributed by atoms with Crippen LogP contribution in [0.4, 0.5) is 8.78 Å². The van der Waals surface area contributed by atoms with E-state index in [0.29, 0.717) is 12.5 Å². The molecule has 176 valence electrons. The molecule has 1 aromatic rings. The van der Waals surface area contributed by atoms with Gasteiger partial charge in [-0.2, -0.15) is 8.78 Å². The quantitative estimate of drug-likeness (QED) is 0.168. The third-order valence-electron chi connectivity index (χ3n) is 6.37. The Bertz CT molecular complexity index is 654. The van der Waals surface area contributed by atoms with Crippen molar-refractivity contribution in [3.8, 4) is 11.5 Å². The second-order valence-corrected chi connectivity index (χ2v) is 8.94. The fourth-order valence-electron chi connectivity index (χ4n) is 4.33. The molecule has 1 fully saturated rings. The van der Waals surface area contributed by atoms with E-state index in [4.69, 9.17) is 9.47 Å². The predicted molar refractivity (Wildman–Crippen MR) is 120 cm³/mol. The van der Waals surface area contributed by atoms with Crippen molar-refractivity contribution >= 4 is 5.97 Å². The molecule has 0 bridgehead atoms. The van der Waals surface area contributed by atoms with Crippen LogP contribution < -0.4 is 9.47 Å².